The van der Waals surface area contributed by atoms with E-state index in [-0.39, 0.29) is 10.8 Å². The topological polar surface area (TPSA) is 37.3 Å². The first-order chi connectivity index (χ1) is 10.8. The zero-order valence-corrected chi connectivity index (χ0v) is 15.0. The molecule has 6 atom stereocenters. The van der Waals surface area contributed by atoms with Gasteiger partial charge in [0.05, 0.1) is 5.60 Å². The van der Waals surface area contributed by atoms with Gasteiger partial charge in [0, 0.05) is 11.8 Å². The van der Waals surface area contributed by atoms with Crippen LogP contribution in [0.3, 0.4) is 0 Å². The maximum Gasteiger partial charge on any atom is 0.139 e. The second-order valence-electron chi connectivity index (χ2n) is 9.43. The summed E-state index contributed by atoms with van der Waals surface area (Å²) in [7, 11) is 0. The molecule has 0 heterocycles. The number of Topliss-reactive ketones (excluding diaryl/α,β-unsaturated/α-hetero) is 1. The van der Waals surface area contributed by atoms with Gasteiger partial charge < -0.3 is 5.11 Å². The number of aliphatic hydroxyl groups is 1. The van der Waals surface area contributed by atoms with E-state index in [9.17, 15) is 9.90 Å². The third-order valence-corrected chi connectivity index (χ3v) is 8.62. The van der Waals surface area contributed by atoms with Gasteiger partial charge in [-0.2, -0.15) is 0 Å². The van der Waals surface area contributed by atoms with Gasteiger partial charge in [-0.3, -0.25) is 4.79 Å². The highest BCUT2D eigenvalue weighted by molar-refractivity contribution is 5.87. The number of rotatable bonds is 1. The van der Waals surface area contributed by atoms with Crippen LogP contribution < -0.4 is 0 Å². The Morgan fingerprint density at radius 1 is 1.13 bits per heavy atom. The summed E-state index contributed by atoms with van der Waals surface area (Å²) in [5.41, 5.74) is 1.31. The van der Waals surface area contributed by atoms with Crippen molar-refractivity contribution in [1.82, 2.24) is 0 Å². The third-order valence-electron chi connectivity index (χ3n) is 8.62. The molecule has 0 amide bonds. The molecule has 4 aliphatic carbocycles. The van der Waals surface area contributed by atoms with Gasteiger partial charge in [0.25, 0.3) is 0 Å². The summed E-state index contributed by atoms with van der Waals surface area (Å²) in [6.07, 6.45) is 11.7. The molecule has 3 fully saturated rings. The van der Waals surface area contributed by atoms with Gasteiger partial charge in [0.15, 0.2) is 0 Å². The fraction of sp³-hybridized carbons (Fsp3) is 0.857. The molecule has 0 unspecified atom stereocenters. The highest BCUT2D eigenvalue weighted by atomic mass is 16.3. The number of fused-ring (bicyclic) bond motifs is 5. The van der Waals surface area contributed by atoms with Crippen LogP contribution in [0.1, 0.15) is 78.6 Å². The summed E-state index contributed by atoms with van der Waals surface area (Å²) in [4.78, 5) is 12.4. The molecule has 0 aromatic rings. The first kappa shape index (κ1) is 15.9. The summed E-state index contributed by atoms with van der Waals surface area (Å²) in [6, 6.07) is 0. The van der Waals surface area contributed by atoms with Gasteiger partial charge in [-0.25, -0.2) is 0 Å². The molecule has 0 saturated heterocycles. The zero-order valence-electron chi connectivity index (χ0n) is 15.0. The smallest absolute Gasteiger partial charge is 0.139 e. The fourth-order valence-electron chi connectivity index (χ4n) is 6.79. The Morgan fingerprint density at radius 2 is 1.87 bits per heavy atom. The van der Waals surface area contributed by atoms with Crippen LogP contribution in [-0.2, 0) is 4.79 Å². The van der Waals surface area contributed by atoms with E-state index in [0.29, 0.717) is 17.6 Å². The molecule has 0 bridgehead atoms. The number of hydrogen-bond donors (Lipinski definition) is 1. The molecule has 2 heteroatoms. The lowest BCUT2D eigenvalue weighted by Gasteiger charge is -2.58. The maximum atomic E-state index is 12.4. The molecule has 1 N–H and O–H groups in total. The van der Waals surface area contributed by atoms with E-state index in [1.807, 2.05) is 0 Å². The van der Waals surface area contributed by atoms with Crippen molar-refractivity contribution in [1.29, 1.82) is 0 Å². The lowest BCUT2D eigenvalue weighted by molar-refractivity contribution is -0.132. The summed E-state index contributed by atoms with van der Waals surface area (Å²) in [6.45, 7) is 6.83. The van der Waals surface area contributed by atoms with Crippen LogP contribution in [0.4, 0.5) is 0 Å². The van der Waals surface area contributed by atoms with Crippen LogP contribution in [-0.4, -0.2) is 16.5 Å². The van der Waals surface area contributed by atoms with Crippen molar-refractivity contribution in [2.24, 2.45) is 28.6 Å². The molecule has 23 heavy (non-hydrogen) atoms. The van der Waals surface area contributed by atoms with Gasteiger partial charge in [-0.05, 0) is 74.5 Å². The average Bonchev–Trinajstić information content (AvgIpc) is 2.84. The van der Waals surface area contributed by atoms with Crippen molar-refractivity contribution in [3.63, 3.8) is 0 Å². The third kappa shape index (κ3) is 2.06. The van der Waals surface area contributed by atoms with Gasteiger partial charge in [0.2, 0.25) is 0 Å². The Labute approximate surface area is 140 Å². The predicted molar refractivity (Wildman–Crippen MR) is 92.0 cm³/mol. The molecular weight excluding hydrogens is 284 g/mol. The Hall–Kier alpha value is -0.630. The summed E-state index contributed by atoms with van der Waals surface area (Å²) >= 11 is 0. The lowest BCUT2D eigenvalue weighted by Crippen LogP contribution is -2.52. The van der Waals surface area contributed by atoms with Crippen molar-refractivity contribution in [2.75, 3.05) is 0 Å². The first-order valence-corrected chi connectivity index (χ1v) is 9.78. The summed E-state index contributed by atoms with van der Waals surface area (Å²) < 4.78 is 0. The minimum atomic E-state index is -0.468. The van der Waals surface area contributed by atoms with Gasteiger partial charge in [-0.15, -0.1) is 0 Å². The van der Waals surface area contributed by atoms with E-state index in [1.54, 1.807) is 0 Å². The van der Waals surface area contributed by atoms with E-state index in [2.05, 4.69) is 26.8 Å². The summed E-state index contributed by atoms with van der Waals surface area (Å²) in [5.74, 6) is 2.56. The SMILES string of the molecule is CC[C@]1(O)CC[C@@]2(C)C(=CC[C@@H]3[C@@H]2CC[C@]2(C)C(=O)CC[C@@H]32)C1. The van der Waals surface area contributed by atoms with E-state index >= 15 is 0 Å². The van der Waals surface area contributed by atoms with Gasteiger partial charge in [0.1, 0.15) is 5.78 Å². The molecular formula is C21H32O2. The highest BCUT2D eigenvalue weighted by Gasteiger charge is 2.59. The van der Waals surface area contributed by atoms with Crippen LogP contribution >= 0.6 is 0 Å². The Bertz CT molecular complexity index is 564. The predicted octanol–water partition coefficient (Wildman–Crippen LogP) is 4.66. The van der Waals surface area contributed by atoms with E-state index in [0.717, 1.165) is 57.3 Å². The van der Waals surface area contributed by atoms with E-state index in [4.69, 9.17) is 0 Å². The minimum absolute atomic E-state index is 0.0261. The monoisotopic (exact) mass is 316 g/mol. The highest BCUT2D eigenvalue weighted by Crippen LogP contribution is 2.64. The molecule has 128 valence electrons. The molecule has 4 rings (SSSR count). The van der Waals surface area contributed by atoms with E-state index < -0.39 is 5.60 Å². The Morgan fingerprint density at radius 3 is 2.61 bits per heavy atom. The zero-order chi connectivity index (χ0) is 16.5. The van der Waals surface area contributed by atoms with Crippen molar-refractivity contribution in [2.45, 2.75) is 84.2 Å². The van der Waals surface area contributed by atoms with Crippen LogP contribution in [0, 0.1) is 28.6 Å². The van der Waals surface area contributed by atoms with Gasteiger partial charge in [-0.1, -0.05) is 32.4 Å². The second-order valence-corrected chi connectivity index (χ2v) is 9.43. The molecule has 0 spiro atoms. The van der Waals surface area contributed by atoms with Crippen LogP contribution in [0.25, 0.3) is 0 Å². The maximum absolute atomic E-state index is 12.4. The Balaban J connectivity index is 1.67. The first-order valence-electron chi connectivity index (χ1n) is 9.78. The molecule has 0 aromatic heterocycles. The largest absolute Gasteiger partial charge is 0.390 e. The minimum Gasteiger partial charge on any atom is -0.390 e. The van der Waals surface area contributed by atoms with Crippen molar-refractivity contribution >= 4 is 5.78 Å². The molecule has 3 saturated carbocycles. The molecule has 4 aliphatic rings. The number of allylic oxidation sites excluding steroid dienone is 1. The van der Waals surface area contributed by atoms with E-state index in [1.165, 1.54) is 12.0 Å². The number of carbonyl (C=O) groups excluding carboxylic acids is 1. The quantitative estimate of drug-likeness (QED) is 0.714. The molecule has 0 radical (unpaired) electrons. The van der Waals surface area contributed by atoms with Crippen LogP contribution in [0.15, 0.2) is 11.6 Å². The lowest BCUT2D eigenvalue weighted by atomic mass is 9.47. The summed E-state index contributed by atoms with van der Waals surface area (Å²) in [5, 5.41) is 10.8. The standard InChI is InChI=1S/C21H32O2/c1-4-21(23)12-11-19(2)14(13-21)5-6-15-16-7-8-18(22)20(16,3)10-9-17(15)19/h5,15-17,23H,4,6-13H2,1-3H3/t15-,16-,17-,19-,20-,21-/m0/s1. The average molecular weight is 316 g/mol. The van der Waals surface area contributed by atoms with Gasteiger partial charge >= 0.3 is 0 Å². The van der Waals surface area contributed by atoms with Crippen LogP contribution in [0.5, 0.6) is 0 Å². The second kappa shape index (κ2) is 4.94. The molecule has 0 aliphatic heterocycles. The van der Waals surface area contributed by atoms with Crippen molar-refractivity contribution in [3.05, 3.63) is 11.6 Å². The number of hydrogen-bond acceptors (Lipinski definition) is 2. The number of ketones is 1. The fourth-order valence-corrected chi connectivity index (χ4v) is 6.79. The van der Waals surface area contributed by atoms with Crippen LogP contribution in [0.2, 0.25) is 0 Å². The normalized spacial score (nSPS) is 52.4. The van der Waals surface area contributed by atoms with Crippen molar-refractivity contribution in [3.8, 4) is 0 Å². The molecule has 2 nitrogen and oxygen atoms in total. The van der Waals surface area contributed by atoms with Crippen molar-refractivity contribution < 1.29 is 9.90 Å². The number of carbonyl (C=O) groups is 1. The molecule has 0 aromatic carbocycles. The Kier molecular flexibility index (Phi) is 3.41.